The van der Waals surface area contributed by atoms with Crippen LogP contribution in [0.2, 0.25) is 0 Å². The maximum atomic E-state index is 14.1. The fourth-order valence-corrected chi connectivity index (χ4v) is 10.7. The molecule has 0 amide bonds. The van der Waals surface area contributed by atoms with Gasteiger partial charge in [0.25, 0.3) is 0 Å². The van der Waals surface area contributed by atoms with E-state index >= 15 is 0 Å². The zero-order valence-corrected chi connectivity index (χ0v) is 34.6. The molecule has 59 heavy (non-hydrogen) atoms. The molecule has 0 aliphatic carbocycles. The number of anilines is 8. The van der Waals surface area contributed by atoms with E-state index in [9.17, 15) is 4.39 Å². The summed E-state index contributed by atoms with van der Waals surface area (Å²) in [6.07, 6.45) is 0. The molecule has 7 nitrogen and oxygen atoms in total. The number of fused-ring (bicyclic) bond motifs is 2. The Bertz CT molecular complexity index is 2760. The van der Waals surface area contributed by atoms with Crippen LogP contribution in [0, 0.1) is 5.82 Å². The molecule has 1 aliphatic rings. The predicted molar refractivity (Wildman–Crippen MR) is 238 cm³/mol. The first-order valence-electron chi connectivity index (χ1n) is 19.2. The van der Waals surface area contributed by atoms with E-state index in [2.05, 4.69) is 164 Å². The number of para-hydroxylation sites is 4. The monoisotopic (exact) mass is 900 g/mol. The van der Waals surface area contributed by atoms with Crippen molar-refractivity contribution in [3.05, 3.63) is 206 Å². The molecule has 1 aliphatic heterocycles. The van der Waals surface area contributed by atoms with Gasteiger partial charge in [-0.3, -0.25) is 0 Å². The summed E-state index contributed by atoms with van der Waals surface area (Å²) in [6.45, 7) is 0.426. The first kappa shape index (κ1) is 36.7. The van der Waals surface area contributed by atoms with Gasteiger partial charge in [-0.2, -0.15) is 0 Å². The molecule has 288 valence electrons. The molecule has 10 rings (SSSR count). The molecule has 10 heteroatoms. The number of hydrogen-bond acceptors (Lipinski definition) is 7. The van der Waals surface area contributed by atoms with Crippen LogP contribution in [0.5, 0.6) is 0 Å². The van der Waals surface area contributed by atoms with Gasteiger partial charge in [-0.1, -0.05) is 12.1 Å². The van der Waals surface area contributed by atoms with Crippen molar-refractivity contribution in [2.75, 3.05) is 18.1 Å². The van der Waals surface area contributed by atoms with E-state index in [1.807, 2.05) is 41.1 Å². The third kappa shape index (κ3) is 7.26. The summed E-state index contributed by atoms with van der Waals surface area (Å²) >= 11 is -0.467. The maximum absolute atomic E-state index is 14.1. The van der Waals surface area contributed by atoms with Gasteiger partial charge in [-0.15, -0.1) is 0 Å². The van der Waals surface area contributed by atoms with Gasteiger partial charge in [-0.05, 0) is 0 Å². The third-order valence-electron chi connectivity index (χ3n) is 10.4. The molecule has 9 aromatic rings. The van der Waals surface area contributed by atoms with Gasteiger partial charge in [0.1, 0.15) is 0 Å². The quantitative estimate of drug-likeness (QED) is 0.0806. The number of rotatable bonds is 10. The van der Waals surface area contributed by atoms with E-state index in [0.717, 1.165) is 84.3 Å². The van der Waals surface area contributed by atoms with Crippen LogP contribution in [0.15, 0.2) is 194 Å². The number of aromatic nitrogens is 3. The first-order chi connectivity index (χ1) is 29.2. The number of nitrogens with zero attached hydrogens (tertiary/aromatic N) is 5. The summed E-state index contributed by atoms with van der Waals surface area (Å²) < 4.78 is 23.6. The second-order valence-electron chi connectivity index (χ2n) is 14.0. The summed E-state index contributed by atoms with van der Waals surface area (Å²) in [5.74, 6) is -0.271. The van der Waals surface area contributed by atoms with Crippen molar-refractivity contribution in [1.82, 2.24) is 15.0 Å². The fourth-order valence-electron chi connectivity index (χ4n) is 7.72. The number of hydrogen-bond donors (Lipinski definition) is 2. The van der Waals surface area contributed by atoms with Gasteiger partial charge in [0.15, 0.2) is 0 Å². The Morgan fingerprint density at radius 2 is 0.949 bits per heavy atom. The summed E-state index contributed by atoms with van der Waals surface area (Å²) in [6, 6.07) is 65.7. The Morgan fingerprint density at radius 1 is 0.508 bits per heavy atom. The zero-order valence-electron chi connectivity index (χ0n) is 31.6. The second-order valence-corrected chi connectivity index (χ2v) is 17.7. The molecule has 2 N–H and O–H groups in total. The summed E-state index contributed by atoms with van der Waals surface area (Å²) in [7, 11) is 1.72. The van der Waals surface area contributed by atoms with Crippen molar-refractivity contribution in [1.29, 1.82) is 0 Å². The topological polar surface area (TPSA) is 61.3 Å². The SMILES string of the molecule is Fc1ccc(Cn2nnc3c(-c4ccc(N(c5ccccc5)c5ccccc5)cc4)c4c(c(-c5ccc(N(c6ccccc6)c6ccccc6)cc5)c32)N[I-]SN4)cc1. The van der Waals surface area contributed by atoms with E-state index in [4.69, 9.17) is 10.3 Å². The molecule has 0 saturated carbocycles. The van der Waals surface area contributed by atoms with E-state index in [0.29, 0.717) is 6.54 Å². The minimum atomic E-state index is -0.467. The third-order valence-corrected chi connectivity index (χ3v) is 13.4. The van der Waals surface area contributed by atoms with E-state index in [-0.39, 0.29) is 5.82 Å². The summed E-state index contributed by atoms with van der Waals surface area (Å²) in [5.41, 5.74) is 15.1. The molecule has 8 aromatic carbocycles. The average molecular weight is 901 g/mol. The molecule has 0 bridgehead atoms. The second kappa shape index (κ2) is 16.3. The van der Waals surface area contributed by atoms with E-state index < -0.39 is 20.1 Å². The van der Waals surface area contributed by atoms with Crippen LogP contribution in [0.25, 0.3) is 33.3 Å². The van der Waals surface area contributed by atoms with Crippen LogP contribution >= 0.6 is 9.12 Å². The molecular weight excluding hydrogens is 865 g/mol. The fraction of sp³-hybridized carbons (Fsp3) is 0.0204. The van der Waals surface area contributed by atoms with Crippen LogP contribution in [-0.4, -0.2) is 15.0 Å². The van der Waals surface area contributed by atoms with Gasteiger partial charge >= 0.3 is 345 Å². The molecule has 0 fully saturated rings. The van der Waals surface area contributed by atoms with Crippen molar-refractivity contribution < 1.29 is 24.5 Å². The Hall–Kier alpha value is -6.63. The summed E-state index contributed by atoms with van der Waals surface area (Å²) in [4.78, 5) is 4.53. The molecular formula is C49H36FIN7S-. The van der Waals surface area contributed by atoms with Gasteiger partial charge in [-0.25, -0.2) is 0 Å². The molecule has 0 unspecified atom stereocenters. The molecule has 0 spiro atoms. The Balaban J connectivity index is 1.13. The molecule has 1 aromatic heterocycles. The van der Waals surface area contributed by atoms with Crippen LogP contribution in [-0.2, 0) is 6.54 Å². The van der Waals surface area contributed by atoms with Crippen LogP contribution in [0.1, 0.15) is 5.56 Å². The van der Waals surface area contributed by atoms with Gasteiger partial charge in [0, 0.05) is 0 Å². The Morgan fingerprint density at radius 3 is 1.42 bits per heavy atom. The summed E-state index contributed by atoms with van der Waals surface area (Å²) in [5, 5.41) is 9.74. The van der Waals surface area contributed by atoms with Crippen molar-refractivity contribution in [3.63, 3.8) is 0 Å². The number of benzene rings is 8. The molecule has 0 radical (unpaired) electrons. The Labute approximate surface area is 355 Å². The predicted octanol–water partition coefficient (Wildman–Crippen LogP) is 10.3. The van der Waals surface area contributed by atoms with Gasteiger partial charge in [0.2, 0.25) is 0 Å². The zero-order chi connectivity index (χ0) is 39.5. The number of nitrogens with one attached hydrogen (secondary N) is 2. The molecule has 0 atom stereocenters. The average Bonchev–Trinajstić information content (AvgIpc) is 3.71. The van der Waals surface area contributed by atoms with Gasteiger partial charge < -0.3 is 0 Å². The van der Waals surface area contributed by atoms with Gasteiger partial charge in [0.05, 0.1) is 0 Å². The van der Waals surface area contributed by atoms with Crippen molar-refractivity contribution in [2.45, 2.75) is 6.54 Å². The number of halogens is 2. The standard InChI is InChI=1S/C49H36FIN7S/c50-37-27-21-34(22-28-37)33-56-49-45(36-25-31-43(32-26-36)58(40-17-9-3-10-18-40)41-19-11-4-12-20-41)46-47(54-59-51-52-46)44(48(49)53-55-56)35-23-29-42(30-24-35)57(38-13-5-1-6-14-38)39-15-7-2-8-16-39/h1-32,52,54H,33H2/q-1. The first-order valence-corrected chi connectivity index (χ1v) is 23.6. The molecule has 2 heterocycles. The van der Waals surface area contributed by atoms with Crippen LogP contribution in [0.3, 0.4) is 0 Å². The molecule has 0 saturated heterocycles. The minimum absolute atomic E-state index is 0.271. The normalized spacial score (nSPS) is 12.2. The Kier molecular flexibility index (Phi) is 10.1. The van der Waals surface area contributed by atoms with Crippen LogP contribution in [0.4, 0.5) is 49.9 Å². The van der Waals surface area contributed by atoms with Crippen molar-refractivity contribution in [2.24, 2.45) is 0 Å². The van der Waals surface area contributed by atoms with Crippen molar-refractivity contribution in [3.8, 4) is 22.3 Å². The van der Waals surface area contributed by atoms with E-state index in [1.165, 1.54) is 12.1 Å². The van der Waals surface area contributed by atoms with Crippen molar-refractivity contribution >= 4 is 65.7 Å². The van der Waals surface area contributed by atoms with Crippen LogP contribution < -0.4 is 38.1 Å². The van der Waals surface area contributed by atoms with E-state index in [1.54, 1.807) is 9.12 Å².